The lowest BCUT2D eigenvalue weighted by atomic mass is 10.1. The van der Waals surface area contributed by atoms with Crippen LogP contribution in [0.25, 0.3) is 0 Å². The number of hydrogen-bond acceptors (Lipinski definition) is 2. The van der Waals surface area contributed by atoms with E-state index in [1.165, 1.54) is 12.1 Å². The summed E-state index contributed by atoms with van der Waals surface area (Å²) < 4.78 is 26.7. The van der Waals surface area contributed by atoms with Crippen LogP contribution in [-0.2, 0) is 21.3 Å². The van der Waals surface area contributed by atoms with Crippen molar-refractivity contribution >= 4 is 32.7 Å². The molecule has 2 unspecified atom stereocenters. The SMILES string of the molecule is O=C(O)C(c1ccccc1)S(=O)Cc1ccc(Br)cc1F. The average molecular weight is 371 g/mol. The first-order chi connectivity index (χ1) is 9.99. The van der Waals surface area contributed by atoms with E-state index in [0.29, 0.717) is 10.0 Å². The summed E-state index contributed by atoms with van der Waals surface area (Å²) in [6.07, 6.45) is 0. The lowest BCUT2D eigenvalue weighted by Crippen LogP contribution is -2.18. The van der Waals surface area contributed by atoms with Crippen molar-refractivity contribution in [3.8, 4) is 0 Å². The largest absolute Gasteiger partial charge is 0.480 e. The zero-order valence-corrected chi connectivity index (χ0v) is 13.2. The first-order valence-corrected chi connectivity index (χ1v) is 8.25. The number of aliphatic carboxylic acids is 1. The zero-order chi connectivity index (χ0) is 15.4. The molecule has 2 atom stereocenters. The van der Waals surface area contributed by atoms with Gasteiger partial charge in [0.2, 0.25) is 0 Å². The number of hydrogen-bond donors (Lipinski definition) is 1. The maximum Gasteiger partial charge on any atom is 0.323 e. The third kappa shape index (κ3) is 3.98. The second-order valence-electron chi connectivity index (χ2n) is 4.39. The second-order valence-corrected chi connectivity index (χ2v) is 6.83. The molecule has 0 amide bonds. The number of rotatable bonds is 5. The summed E-state index contributed by atoms with van der Waals surface area (Å²) in [6, 6.07) is 12.7. The summed E-state index contributed by atoms with van der Waals surface area (Å²) in [5, 5.41) is 8.12. The summed E-state index contributed by atoms with van der Waals surface area (Å²) >= 11 is 3.14. The molecule has 0 saturated carbocycles. The summed E-state index contributed by atoms with van der Waals surface area (Å²) in [5.74, 6) is -1.84. The van der Waals surface area contributed by atoms with Crippen molar-refractivity contribution in [2.45, 2.75) is 11.0 Å². The molecule has 0 spiro atoms. The molecule has 0 fully saturated rings. The van der Waals surface area contributed by atoms with Gasteiger partial charge in [0.15, 0.2) is 5.25 Å². The lowest BCUT2D eigenvalue weighted by molar-refractivity contribution is -0.136. The number of carboxylic acid groups (broad SMARTS) is 1. The molecule has 0 radical (unpaired) electrons. The van der Waals surface area contributed by atoms with Gasteiger partial charge in [0, 0.05) is 20.8 Å². The van der Waals surface area contributed by atoms with Gasteiger partial charge in [-0.3, -0.25) is 9.00 Å². The van der Waals surface area contributed by atoms with Crippen LogP contribution in [0.2, 0.25) is 0 Å². The Hall–Kier alpha value is -1.53. The van der Waals surface area contributed by atoms with Crippen molar-refractivity contribution in [3.63, 3.8) is 0 Å². The minimum Gasteiger partial charge on any atom is -0.480 e. The number of carboxylic acids is 1. The molecular formula is C15H12BrFO3S. The first-order valence-electron chi connectivity index (χ1n) is 6.08. The predicted octanol–water partition coefficient (Wildman–Crippen LogP) is 3.66. The number of halogens is 2. The van der Waals surface area contributed by atoms with E-state index < -0.39 is 27.8 Å². The lowest BCUT2D eigenvalue weighted by Gasteiger charge is -2.13. The molecule has 110 valence electrons. The van der Waals surface area contributed by atoms with Crippen LogP contribution in [0.15, 0.2) is 53.0 Å². The van der Waals surface area contributed by atoms with Crippen LogP contribution in [-0.4, -0.2) is 15.3 Å². The molecule has 1 N–H and O–H groups in total. The average Bonchev–Trinajstić information content (AvgIpc) is 2.43. The van der Waals surface area contributed by atoms with Crippen molar-refractivity contribution in [1.82, 2.24) is 0 Å². The molecule has 2 aromatic rings. The van der Waals surface area contributed by atoms with E-state index in [2.05, 4.69) is 15.9 Å². The Morgan fingerprint density at radius 1 is 1.24 bits per heavy atom. The maximum absolute atomic E-state index is 13.8. The Morgan fingerprint density at radius 3 is 2.48 bits per heavy atom. The molecule has 2 aromatic carbocycles. The zero-order valence-electron chi connectivity index (χ0n) is 10.8. The van der Waals surface area contributed by atoms with Gasteiger partial charge in [-0.2, -0.15) is 0 Å². The predicted molar refractivity (Wildman–Crippen MR) is 82.8 cm³/mol. The maximum atomic E-state index is 13.8. The normalized spacial score (nSPS) is 13.6. The van der Waals surface area contributed by atoms with Gasteiger partial charge in [-0.15, -0.1) is 0 Å². The van der Waals surface area contributed by atoms with E-state index in [4.69, 9.17) is 0 Å². The molecule has 0 aliphatic rings. The summed E-state index contributed by atoms with van der Waals surface area (Å²) in [7, 11) is -1.76. The summed E-state index contributed by atoms with van der Waals surface area (Å²) in [6.45, 7) is 0. The second kappa shape index (κ2) is 6.95. The molecular weight excluding hydrogens is 359 g/mol. The molecule has 0 saturated heterocycles. The van der Waals surface area contributed by atoms with Crippen molar-refractivity contribution in [2.75, 3.05) is 0 Å². The Bertz CT molecular complexity index is 676. The van der Waals surface area contributed by atoms with Crippen molar-refractivity contribution in [1.29, 1.82) is 0 Å². The van der Waals surface area contributed by atoms with Crippen LogP contribution in [0.1, 0.15) is 16.4 Å². The van der Waals surface area contributed by atoms with E-state index in [1.807, 2.05) is 0 Å². The van der Waals surface area contributed by atoms with E-state index in [1.54, 1.807) is 36.4 Å². The Balaban J connectivity index is 2.26. The van der Waals surface area contributed by atoms with Gasteiger partial charge in [0.25, 0.3) is 0 Å². The van der Waals surface area contributed by atoms with Crippen molar-refractivity contribution in [2.24, 2.45) is 0 Å². The molecule has 3 nitrogen and oxygen atoms in total. The quantitative estimate of drug-likeness (QED) is 0.873. The highest BCUT2D eigenvalue weighted by molar-refractivity contribution is 9.10. The van der Waals surface area contributed by atoms with Crippen molar-refractivity contribution in [3.05, 3.63) is 69.9 Å². The molecule has 0 heterocycles. The molecule has 0 aliphatic heterocycles. The Morgan fingerprint density at radius 2 is 1.90 bits per heavy atom. The first kappa shape index (κ1) is 15.9. The fourth-order valence-corrected chi connectivity index (χ4v) is 3.64. The minimum absolute atomic E-state index is 0.148. The summed E-state index contributed by atoms with van der Waals surface area (Å²) in [4.78, 5) is 11.4. The van der Waals surface area contributed by atoms with Gasteiger partial charge in [0.05, 0.1) is 5.75 Å². The van der Waals surface area contributed by atoms with Crippen LogP contribution < -0.4 is 0 Å². The molecule has 6 heteroatoms. The van der Waals surface area contributed by atoms with E-state index in [9.17, 15) is 18.5 Å². The van der Waals surface area contributed by atoms with Crippen LogP contribution in [0, 0.1) is 5.82 Å². The fourth-order valence-electron chi connectivity index (χ4n) is 1.91. The third-order valence-electron chi connectivity index (χ3n) is 2.90. The van der Waals surface area contributed by atoms with Crippen LogP contribution in [0.4, 0.5) is 4.39 Å². The van der Waals surface area contributed by atoms with Crippen LogP contribution >= 0.6 is 15.9 Å². The van der Waals surface area contributed by atoms with Gasteiger partial charge < -0.3 is 5.11 Å². The van der Waals surface area contributed by atoms with Gasteiger partial charge in [-0.1, -0.05) is 52.3 Å². The highest BCUT2D eigenvalue weighted by Crippen LogP contribution is 2.24. The highest BCUT2D eigenvalue weighted by atomic mass is 79.9. The topological polar surface area (TPSA) is 54.4 Å². The Kier molecular flexibility index (Phi) is 5.25. The van der Waals surface area contributed by atoms with Crippen LogP contribution in [0.5, 0.6) is 0 Å². The van der Waals surface area contributed by atoms with Gasteiger partial charge >= 0.3 is 5.97 Å². The number of benzene rings is 2. The van der Waals surface area contributed by atoms with Gasteiger partial charge in [-0.05, 0) is 17.7 Å². The van der Waals surface area contributed by atoms with Gasteiger partial charge in [0.1, 0.15) is 5.82 Å². The van der Waals surface area contributed by atoms with Crippen molar-refractivity contribution < 1.29 is 18.5 Å². The number of carbonyl (C=O) groups is 1. The van der Waals surface area contributed by atoms with Crippen LogP contribution in [0.3, 0.4) is 0 Å². The Labute approximate surface area is 132 Å². The monoisotopic (exact) mass is 370 g/mol. The van der Waals surface area contributed by atoms with E-state index in [-0.39, 0.29) is 11.3 Å². The molecule has 0 aromatic heterocycles. The fraction of sp³-hybridized carbons (Fsp3) is 0.133. The van der Waals surface area contributed by atoms with Gasteiger partial charge in [-0.25, -0.2) is 4.39 Å². The highest BCUT2D eigenvalue weighted by Gasteiger charge is 2.27. The molecule has 0 aliphatic carbocycles. The molecule has 2 rings (SSSR count). The third-order valence-corrected chi connectivity index (χ3v) is 4.99. The van der Waals surface area contributed by atoms with E-state index in [0.717, 1.165) is 0 Å². The molecule has 21 heavy (non-hydrogen) atoms. The smallest absolute Gasteiger partial charge is 0.323 e. The van der Waals surface area contributed by atoms with E-state index >= 15 is 0 Å². The summed E-state index contributed by atoms with van der Waals surface area (Å²) in [5.41, 5.74) is 0.680. The molecule has 0 bridgehead atoms. The minimum atomic E-state index is -1.76. The standard InChI is InChI=1S/C15H12BrFO3S/c16-12-7-6-11(13(17)8-12)9-21(20)14(15(18)19)10-4-2-1-3-5-10/h1-8,14H,9H2,(H,18,19).